The highest BCUT2D eigenvalue weighted by Crippen LogP contribution is 2.37. The summed E-state index contributed by atoms with van der Waals surface area (Å²) in [7, 11) is 0. The van der Waals surface area contributed by atoms with E-state index in [-0.39, 0.29) is 0 Å². The lowest BCUT2D eigenvalue weighted by atomic mass is 10.5. The maximum Gasteiger partial charge on any atom is 0.0570 e. The van der Waals surface area contributed by atoms with Crippen LogP contribution in [0.5, 0.6) is 0 Å². The average molecular weight is 254 g/mol. The van der Waals surface area contributed by atoms with Gasteiger partial charge >= 0.3 is 0 Å². The van der Waals surface area contributed by atoms with Gasteiger partial charge in [-0.05, 0) is 21.6 Å². The zero-order valence-corrected chi connectivity index (χ0v) is 10.4. The Morgan fingerprint density at radius 1 is 0.714 bits per heavy atom. The molecule has 2 rings (SSSR count). The first-order valence-electron chi connectivity index (χ1n) is 3.83. The molecule has 0 aromatic carbocycles. The molecule has 0 aromatic rings. The second kappa shape index (κ2) is 5.72. The Bertz CT molecular complexity index is 334. The summed E-state index contributed by atoms with van der Waals surface area (Å²) in [6.45, 7) is 0. The Labute approximate surface area is 101 Å². The fraction of sp³-hybridized carbons (Fsp3) is 0. The number of hydrogen-bond acceptors (Lipinski definition) is 4. The van der Waals surface area contributed by atoms with E-state index in [1.165, 1.54) is 8.47 Å². The molecule has 0 atom stereocenters. The molecule has 0 radical (unpaired) electrons. The molecule has 0 fully saturated rings. The fourth-order valence-electron chi connectivity index (χ4n) is 0.772. The largest absolute Gasteiger partial charge is 0.0895 e. The minimum Gasteiger partial charge on any atom is -0.0895 e. The van der Waals surface area contributed by atoms with Crippen molar-refractivity contribution in [1.29, 1.82) is 0 Å². The lowest BCUT2D eigenvalue weighted by molar-refractivity contribution is 2.14. The molecule has 0 unspecified atom stereocenters. The van der Waals surface area contributed by atoms with E-state index < -0.39 is 0 Å². The van der Waals surface area contributed by atoms with Crippen molar-refractivity contribution in [1.82, 2.24) is 0 Å². The van der Waals surface area contributed by atoms with E-state index in [1.807, 2.05) is 12.2 Å². The second-order valence-corrected chi connectivity index (χ2v) is 6.54. The number of rotatable bonds is 0. The SMILES string of the molecule is C(#CC=C1SC=CS1)C=C1SC=CS1. The van der Waals surface area contributed by atoms with Crippen LogP contribution in [0.25, 0.3) is 0 Å². The first kappa shape index (κ1) is 10.4. The molecule has 0 bridgehead atoms. The first-order chi connectivity index (χ1) is 6.95. The lowest BCUT2D eigenvalue weighted by Gasteiger charge is -1.86. The third kappa shape index (κ3) is 3.25. The molecule has 0 aromatic heterocycles. The van der Waals surface area contributed by atoms with E-state index in [4.69, 9.17) is 0 Å². The molecule has 2 heterocycles. The topological polar surface area (TPSA) is 0 Å². The maximum absolute atomic E-state index is 3.03. The maximum atomic E-state index is 3.03. The van der Waals surface area contributed by atoms with Gasteiger partial charge < -0.3 is 0 Å². The lowest BCUT2D eigenvalue weighted by Crippen LogP contribution is -1.59. The van der Waals surface area contributed by atoms with Crippen LogP contribution in [0.15, 0.2) is 42.3 Å². The second-order valence-electron chi connectivity index (χ2n) is 2.23. The van der Waals surface area contributed by atoms with Gasteiger partial charge in [0, 0.05) is 12.2 Å². The Morgan fingerprint density at radius 2 is 1.07 bits per heavy atom. The van der Waals surface area contributed by atoms with Gasteiger partial charge in [0.05, 0.1) is 8.47 Å². The van der Waals surface area contributed by atoms with E-state index >= 15 is 0 Å². The number of hydrogen-bond donors (Lipinski definition) is 0. The van der Waals surface area contributed by atoms with Crippen LogP contribution in [0.4, 0.5) is 0 Å². The van der Waals surface area contributed by atoms with Crippen molar-refractivity contribution in [3.63, 3.8) is 0 Å². The van der Waals surface area contributed by atoms with Crippen molar-refractivity contribution in [2.45, 2.75) is 0 Å². The third-order valence-electron chi connectivity index (χ3n) is 1.31. The number of allylic oxidation sites excluding steroid dienone is 2. The summed E-state index contributed by atoms with van der Waals surface area (Å²) < 4.78 is 2.50. The normalized spacial score (nSPS) is 18.3. The Balaban J connectivity index is 1.88. The highest BCUT2D eigenvalue weighted by atomic mass is 32.2. The number of thioether (sulfide) groups is 4. The molecule has 2 aliphatic rings. The van der Waals surface area contributed by atoms with Crippen LogP contribution in [-0.2, 0) is 0 Å². The summed E-state index contributed by atoms with van der Waals surface area (Å²) in [6, 6.07) is 0. The van der Waals surface area contributed by atoms with Crippen molar-refractivity contribution in [2.24, 2.45) is 0 Å². The molecule has 4 heteroatoms. The zero-order chi connectivity index (χ0) is 9.64. The molecular weight excluding hydrogens is 248 g/mol. The summed E-state index contributed by atoms with van der Waals surface area (Å²) in [5.74, 6) is 6.06. The minimum atomic E-state index is 1.25. The van der Waals surface area contributed by atoms with Crippen molar-refractivity contribution in [3.05, 3.63) is 42.3 Å². The highest BCUT2D eigenvalue weighted by molar-refractivity contribution is 8.27. The van der Waals surface area contributed by atoms with Crippen LogP contribution in [-0.4, -0.2) is 0 Å². The smallest absolute Gasteiger partial charge is 0.0570 e. The Kier molecular flexibility index (Phi) is 4.26. The summed E-state index contributed by atoms with van der Waals surface area (Å²) in [6.07, 6.45) is 3.92. The minimum absolute atomic E-state index is 1.25. The molecule has 2 aliphatic heterocycles. The average Bonchev–Trinajstić information content (AvgIpc) is 2.86. The van der Waals surface area contributed by atoms with Gasteiger partial charge in [-0.3, -0.25) is 0 Å². The third-order valence-corrected chi connectivity index (χ3v) is 5.30. The van der Waals surface area contributed by atoms with Gasteiger partial charge in [-0.15, -0.1) is 0 Å². The highest BCUT2D eigenvalue weighted by Gasteiger charge is 1.99. The predicted molar refractivity (Wildman–Crippen MR) is 72.6 cm³/mol. The zero-order valence-electron chi connectivity index (χ0n) is 7.10. The van der Waals surface area contributed by atoms with E-state index in [0.29, 0.717) is 0 Å². The molecule has 0 aliphatic carbocycles. The van der Waals surface area contributed by atoms with E-state index in [0.717, 1.165) is 0 Å². The van der Waals surface area contributed by atoms with Crippen LogP contribution in [0, 0.1) is 11.8 Å². The van der Waals surface area contributed by atoms with Crippen LogP contribution < -0.4 is 0 Å². The van der Waals surface area contributed by atoms with Gasteiger partial charge in [-0.2, -0.15) is 0 Å². The molecule has 70 valence electrons. The van der Waals surface area contributed by atoms with Crippen molar-refractivity contribution < 1.29 is 0 Å². The van der Waals surface area contributed by atoms with Crippen LogP contribution in [0.2, 0.25) is 0 Å². The van der Waals surface area contributed by atoms with Crippen LogP contribution in [0.3, 0.4) is 0 Å². The first-order valence-corrected chi connectivity index (χ1v) is 7.35. The molecule has 0 saturated heterocycles. The van der Waals surface area contributed by atoms with Gasteiger partial charge in [0.15, 0.2) is 0 Å². The van der Waals surface area contributed by atoms with Gasteiger partial charge in [0.25, 0.3) is 0 Å². The van der Waals surface area contributed by atoms with Gasteiger partial charge in [-0.25, -0.2) is 0 Å². The Hall–Kier alpha value is -0.0800. The molecular formula is C10H6S4. The van der Waals surface area contributed by atoms with E-state index in [9.17, 15) is 0 Å². The predicted octanol–water partition coefficient (Wildman–Crippen LogP) is 4.58. The van der Waals surface area contributed by atoms with Gasteiger partial charge in [-0.1, -0.05) is 58.9 Å². The summed E-state index contributed by atoms with van der Waals surface area (Å²) in [4.78, 5) is 0. The van der Waals surface area contributed by atoms with E-state index in [1.54, 1.807) is 47.0 Å². The monoisotopic (exact) mass is 254 g/mol. The summed E-state index contributed by atoms with van der Waals surface area (Å²) in [5.41, 5.74) is 0. The quantitative estimate of drug-likeness (QED) is 0.580. The standard InChI is InChI=1S/C10H6S4/c1(3-9-11-5-6-12-9)2-4-10-13-7-8-14-10/h3-8H. The van der Waals surface area contributed by atoms with Crippen molar-refractivity contribution in [2.75, 3.05) is 0 Å². The van der Waals surface area contributed by atoms with Crippen molar-refractivity contribution in [3.8, 4) is 11.8 Å². The Morgan fingerprint density at radius 3 is 1.43 bits per heavy atom. The van der Waals surface area contributed by atoms with Crippen molar-refractivity contribution >= 4 is 47.0 Å². The molecule has 0 nitrogen and oxygen atoms in total. The van der Waals surface area contributed by atoms with Crippen LogP contribution in [0.1, 0.15) is 0 Å². The van der Waals surface area contributed by atoms with Crippen LogP contribution >= 0.6 is 47.0 Å². The fourth-order valence-corrected chi connectivity index (χ4v) is 3.82. The summed E-state index contributed by atoms with van der Waals surface area (Å²) >= 11 is 6.89. The molecule has 0 saturated carbocycles. The molecule has 0 N–H and O–H groups in total. The van der Waals surface area contributed by atoms with Gasteiger partial charge in [0.2, 0.25) is 0 Å². The molecule has 0 amide bonds. The van der Waals surface area contributed by atoms with Gasteiger partial charge in [0.1, 0.15) is 0 Å². The summed E-state index contributed by atoms with van der Waals surface area (Å²) in [5, 5.41) is 8.29. The molecule has 0 spiro atoms. The van der Waals surface area contributed by atoms with E-state index in [2.05, 4.69) is 33.5 Å². The molecule has 14 heavy (non-hydrogen) atoms.